The number of nitrogens with zero attached hydrogens (tertiary/aromatic N) is 5. The van der Waals surface area contributed by atoms with Crippen molar-refractivity contribution in [1.29, 1.82) is 0 Å². The molecule has 9 nitrogen and oxygen atoms in total. The van der Waals surface area contributed by atoms with Crippen molar-refractivity contribution >= 4 is 17.8 Å². The number of nitro groups is 1. The topological polar surface area (TPSA) is 105 Å². The van der Waals surface area contributed by atoms with Crippen molar-refractivity contribution in [1.82, 2.24) is 18.9 Å². The number of benzene rings is 2. The summed E-state index contributed by atoms with van der Waals surface area (Å²) in [5.74, 6) is -1.31. The van der Waals surface area contributed by atoms with Crippen molar-refractivity contribution in [3.8, 4) is 0 Å². The van der Waals surface area contributed by atoms with Crippen LogP contribution in [0.25, 0.3) is 12.2 Å². The van der Waals surface area contributed by atoms with Gasteiger partial charge in [-0.25, -0.2) is 18.1 Å². The molecule has 2 aromatic heterocycles. The van der Waals surface area contributed by atoms with Gasteiger partial charge in [-0.3, -0.25) is 24.2 Å². The molecule has 0 atom stereocenters. The molecule has 0 saturated heterocycles. The number of aromatic nitrogens is 4. The lowest BCUT2D eigenvalue weighted by Crippen LogP contribution is -2.42. The van der Waals surface area contributed by atoms with Gasteiger partial charge in [-0.15, -0.1) is 0 Å². The molecule has 11 heteroatoms. The maximum absolute atomic E-state index is 14.4. The Morgan fingerprint density at radius 2 is 1.51 bits per heavy atom. The average molecular weight is 479 g/mol. The molecule has 178 valence electrons. The van der Waals surface area contributed by atoms with Crippen LogP contribution >= 0.6 is 0 Å². The number of hydrogen-bond acceptors (Lipinski definition) is 5. The molecule has 2 aromatic carbocycles. The lowest BCUT2D eigenvalue weighted by atomic mass is 10.2. The zero-order chi connectivity index (χ0) is 25.1. The number of rotatable bonds is 7. The van der Waals surface area contributed by atoms with Gasteiger partial charge >= 0.3 is 16.9 Å². The Morgan fingerprint density at radius 1 is 0.943 bits per heavy atom. The van der Waals surface area contributed by atoms with E-state index in [0.29, 0.717) is 10.1 Å². The zero-order valence-electron chi connectivity index (χ0n) is 18.5. The van der Waals surface area contributed by atoms with Crippen LogP contribution in [-0.4, -0.2) is 23.8 Å². The summed E-state index contributed by atoms with van der Waals surface area (Å²) >= 11 is 0. The third kappa shape index (κ3) is 4.83. The van der Waals surface area contributed by atoms with Gasteiger partial charge in [0.05, 0.1) is 24.2 Å². The van der Waals surface area contributed by atoms with Crippen LogP contribution < -0.4 is 11.2 Å². The maximum Gasteiger partial charge on any atom is 0.357 e. The Kier molecular flexibility index (Phi) is 6.49. The fourth-order valence-corrected chi connectivity index (χ4v) is 3.63. The summed E-state index contributed by atoms with van der Waals surface area (Å²) in [4.78, 5) is 37.6. The van der Waals surface area contributed by atoms with Crippen LogP contribution in [0.5, 0.6) is 0 Å². The van der Waals surface area contributed by atoms with E-state index in [1.807, 2.05) is 0 Å². The van der Waals surface area contributed by atoms with E-state index in [4.69, 9.17) is 0 Å². The van der Waals surface area contributed by atoms with Crippen LogP contribution in [0.2, 0.25) is 0 Å². The van der Waals surface area contributed by atoms with E-state index in [-0.39, 0.29) is 16.8 Å². The van der Waals surface area contributed by atoms with Crippen LogP contribution in [0, 0.1) is 21.7 Å². The lowest BCUT2D eigenvalue weighted by Gasteiger charge is -2.15. The monoisotopic (exact) mass is 479 g/mol. The van der Waals surface area contributed by atoms with Crippen molar-refractivity contribution in [2.75, 3.05) is 0 Å². The second kappa shape index (κ2) is 9.67. The summed E-state index contributed by atoms with van der Waals surface area (Å²) in [6.07, 6.45) is 5.81. The molecule has 35 heavy (non-hydrogen) atoms. The first-order valence-corrected chi connectivity index (χ1v) is 10.4. The second-order valence-corrected chi connectivity index (χ2v) is 7.71. The van der Waals surface area contributed by atoms with E-state index in [9.17, 15) is 28.5 Å². The van der Waals surface area contributed by atoms with Crippen molar-refractivity contribution in [2.45, 2.75) is 13.1 Å². The Hall–Kier alpha value is -4.67. The lowest BCUT2D eigenvalue weighted by molar-refractivity contribution is -0.387. The average Bonchev–Trinajstić information content (AvgIpc) is 3.24. The van der Waals surface area contributed by atoms with E-state index in [2.05, 4.69) is 5.10 Å². The molecule has 4 aromatic rings. The van der Waals surface area contributed by atoms with Gasteiger partial charge in [0.2, 0.25) is 0 Å². The minimum Gasteiger partial charge on any atom is -0.283 e. The molecule has 0 spiro atoms. The largest absolute Gasteiger partial charge is 0.357 e. The summed E-state index contributed by atoms with van der Waals surface area (Å²) in [5.41, 5.74) is -2.72. The summed E-state index contributed by atoms with van der Waals surface area (Å²) in [7, 11) is 1.68. The predicted molar refractivity (Wildman–Crippen MR) is 125 cm³/mol. The zero-order valence-corrected chi connectivity index (χ0v) is 18.5. The smallest absolute Gasteiger partial charge is 0.283 e. The van der Waals surface area contributed by atoms with Crippen LogP contribution in [0.15, 0.2) is 70.5 Å². The quantitative estimate of drug-likeness (QED) is 0.299. The highest BCUT2D eigenvalue weighted by Gasteiger charge is 2.27. The van der Waals surface area contributed by atoms with E-state index in [0.717, 1.165) is 10.6 Å². The van der Waals surface area contributed by atoms with Gasteiger partial charge in [0.1, 0.15) is 17.3 Å². The molecule has 0 bridgehead atoms. The van der Waals surface area contributed by atoms with Crippen LogP contribution in [0.4, 0.5) is 14.5 Å². The van der Waals surface area contributed by atoms with Gasteiger partial charge in [0.25, 0.3) is 0 Å². The molecule has 4 rings (SSSR count). The molecule has 2 heterocycles. The van der Waals surface area contributed by atoms with E-state index < -0.39 is 46.6 Å². The molecule has 0 saturated carbocycles. The Morgan fingerprint density at radius 3 is 2.03 bits per heavy atom. The maximum atomic E-state index is 14.4. The normalized spacial score (nSPS) is 11.3. The van der Waals surface area contributed by atoms with E-state index in [1.165, 1.54) is 59.4 Å². The van der Waals surface area contributed by atoms with Crippen LogP contribution in [0.3, 0.4) is 0 Å². The Labute approximate surface area is 197 Å². The molecule has 0 aliphatic heterocycles. The van der Waals surface area contributed by atoms with Crippen molar-refractivity contribution in [3.63, 3.8) is 0 Å². The standard InChI is InChI=1S/C24H19F2N5O4/c1-28-13-16(12-27-28)10-11-21-22(31(34)35)23(32)30(15-18-7-3-5-9-20(18)26)24(33)29(21)14-17-6-2-4-8-19(17)25/h2-13H,14-15H2,1H3/b11-10+. The highest BCUT2D eigenvalue weighted by molar-refractivity contribution is 5.71. The number of halogens is 2. The van der Waals surface area contributed by atoms with Crippen LogP contribution in [0.1, 0.15) is 22.4 Å². The van der Waals surface area contributed by atoms with Gasteiger partial charge in [-0.1, -0.05) is 36.4 Å². The Balaban J connectivity index is 1.97. The van der Waals surface area contributed by atoms with Gasteiger partial charge in [0.15, 0.2) is 0 Å². The first-order valence-electron chi connectivity index (χ1n) is 10.4. The highest BCUT2D eigenvalue weighted by atomic mass is 19.1. The summed E-state index contributed by atoms with van der Waals surface area (Å²) < 4.78 is 31.7. The summed E-state index contributed by atoms with van der Waals surface area (Å²) in [5, 5.41) is 16.0. The van der Waals surface area contributed by atoms with Gasteiger partial charge in [-0.2, -0.15) is 5.10 Å². The highest BCUT2D eigenvalue weighted by Crippen LogP contribution is 2.19. The molecular weight excluding hydrogens is 460 g/mol. The molecule has 0 unspecified atom stereocenters. The van der Waals surface area contributed by atoms with Gasteiger partial charge in [0, 0.05) is 29.9 Å². The Bertz CT molecular complexity index is 1570. The molecular formula is C24H19F2N5O4. The number of hydrogen-bond donors (Lipinski definition) is 0. The molecule has 0 N–H and O–H groups in total. The van der Waals surface area contributed by atoms with Crippen molar-refractivity contribution < 1.29 is 13.7 Å². The second-order valence-electron chi connectivity index (χ2n) is 7.71. The minimum absolute atomic E-state index is 0.00269. The molecule has 0 fully saturated rings. The van der Waals surface area contributed by atoms with E-state index in [1.54, 1.807) is 19.3 Å². The van der Waals surface area contributed by atoms with Crippen molar-refractivity contribution in [2.24, 2.45) is 7.05 Å². The van der Waals surface area contributed by atoms with Gasteiger partial charge in [-0.05, 0) is 24.3 Å². The molecule has 0 aliphatic carbocycles. The van der Waals surface area contributed by atoms with Crippen molar-refractivity contribution in [3.05, 3.63) is 126 Å². The third-order valence-electron chi connectivity index (χ3n) is 5.36. The number of aryl methyl sites for hydroxylation is 1. The first kappa shape index (κ1) is 23.5. The predicted octanol–water partition coefficient (Wildman–Crippen LogP) is 3.20. The molecule has 0 aliphatic rings. The molecule has 0 radical (unpaired) electrons. The third-order valence-corrected chi connectivity index (χ3v) is 5.36. The molecule has 0 amide bonds. The fourth-order valence-electron chi connectivity index (χ4n) is 3.63. The summed E-state index contributed by atoms with van der Waals surface area (Å²) in [6.45, 7) is -0.925. The SMILES string of the molecule is Cn1cc(/C=C/c2c([N+](=O)[O-])c(=O)n(Cc3ccccc3F)c(=O)n2Cc2ccccc2F)cn1. The fraction of sp³-hybridized carbons (Fsp3) is 0.125. The minimum atomic E-state index is -1.20. The first-order chi connectivity index (χ1) is 16.8. The summed E-state index contributed by atoms with van der Waals surface area (Å²) in [6, 6.07) is 11.1. The van der Waals surface area contributed by atoms with Gasteiger partial charge < -0.3 is 0 Å². The van der Waals surface area contributed by atoms with E-state index >= 15 is 0 Å². The van der Waals surface area contributed by atoms with Crippen LogP contribution in [-0.2, 0) is 20.1 Å².